The first-order valence-corrected chi connectivity index (χ1v) is 6.38. The van der Waals surface area contributed by atoms with Gasteiger partial charge in [-0.15, -0.1) is 11.6 Å². The maximum Gasteiger partial charge on any atom is 0.416 e. The average Bonchev–Trinajstić information content (AvgIpc) is 2.28. The second-order valence-electron chi connectivity index (χ2n) is 3.67. The minimum absolute atomic E-state index is 0.0180. The van der Waals surface area contributed by atoms with Gasteiger partial charge in [0.25, 0.3) is 5.91 Å². The lowest BCUT2D eigenvalue weighted by Gasteiger charge is -2.17. The van der Waals surface area contributed by atoms with Crippen LogP contribution < -0.4 is 5.32 Å². The molecule has 19 heavy (non-hydrogen) atoms. The van der Waals surface area contributed by atoms with Gasteiger partial charge in [-0.1, -0.05) is 23.2 Å². The molecule has 0 bridgehead atoms. The highest BCUT2D eigenvalue weighted by Gasteiger charge is 2.33. The Bertz CT molecular complexity index is 445. The molecule has 0 unspecified atom stereocenters. The lowest BCUT2D eigenvalue weighted by Crippen LogP contribution is -2.32. The van der Waals surface area contributed by atoms with Gasteiger partial charge in [-0.2, -0.15) is 13.2 Å². The molecule has 0 aromatic heterocycles. The van der Waals surface area contributed by atoms with Crippen molar-refractivity contribution in [1.82, 2.24) is 0 Å². The molecule has 0 aliphatic heterocycles. The normalized spacial score (nSPS) is 12.3. The van der Waals surface area contributed by atoms with Gasteiger partial charge in [0.15, 0.2) is 4.33 Å². The number of anilines is 1. The zero-order chi connectivity index (χ0) is 14.7. The van der Waals surface area contributed by atoms with Crippen LogP contribution in [-0.4, -0.2) is 16.1 Å². The minimum Gasteiger partial charge on any atom is -0.323 e. The fourth-order valence-corrected chi connectivity index (χ4v) is 1.96. The predicted octanol–water partition coefficient (Wildman–Crippen LogP) is 4.45. The van der Waals surface area contributed by atoms with Crippen molar-refractivity contribution >= 4 is 46.4 Å². The summed E-state index contributed by atoms with van der Waals surface area (Å²) < 4.78 is 35.3. The number of halogens is 6. The number of rotatable bonds is 4. The Morgan fingerprint density at radius 3 is 2.11 bits per heavy atom. The van der Waals surface area contributed by atoms with Crippen molar-refractivity contribution in [2.45, 2.75) is 16.9 Å². The van der Waals surface area contributed by atoms with E-state index in [1.54, 1.807) is 0 Å². The van der Waals surface area contributed by atoms with E-state index in [0.717, 1.165) is 24.3 Å². The van der Waals surface area contributed by atoms with Crippen LogP contribution in [0.2, 0.25) is 0 Å². The summed E-state index contributed by atoms with van der Waals surface area (Å²) in [5.74, 6) is -0.663. The molecule has 0 spiro atoms. The Morgan fingerprint density at radius 1 is 1.16 bits per heavy atom. The maximum absolute atomic E-state index is 12.3. The smallest absolute Gasteiger partial charge is 0.323 e. The molecule has 1 amide bonds. The van der Waals surface area contributed by atoms with Crippen LogP contribution in [0.3, 0.4) is 0 Å². The standard InChI is InChI=1S/C11H9Cl3F3NO/c12-6-5-10(13,14)9(19)18-8-3-1-7(2-4-8)11(15,16)17/h1-4H,5-6H2,(H,18,19). The van der Waals surface area contributed by atoms with Crippen LogP contribution >= 0.6 is 34.8 Å². The number of carbonyl (C=O) groups is 1. The van der Waals surface area contributed by atoms with Crippen LogP contribution in [0.25, 0.3) is 0 Å². The van der Waals surface area contributed by atoms with Crippen molar-refractivity contribution in [3.8, 4) is 0 Å². The molecule has 1 N–H and O–H groups in total. The summed E-state index contributed by atoms with van der Waals surface area (Å²) in [6, 6.07) is 3.93. The van der Waals surface area contributed by atoms with Crippen LogP contribution in [0, 0.1) is 0 Å². The Hall–Kier alpha value is -0.650. The topological polar surface area (TPSA) is 29.1 Å². The van der Waals surface area contributed by atoms with Gasteiger partial charge in [0.05, 0.1) is 5.56 Å². The van der Waals surface area contributed by atoms with Crippen molar-refractivity contribution in [2.24, 2.45) is 0 Å². The largest absolute Gasteiger partial charge is 0.416 e. The van der Waals surface area contributed by atoms with Gasteiger partial charge in [-0.05, 0) is 24.3 Å². The average molecular weight is 335 g/mol. The Labute approximate surface area is 122 Å². The van der Waals surface area contributed by atoms with Crippen molar-refractivity contribution in [1.29, 1.82) is 0 Å². The third kappa shape index (κ3) is 4.75. The second-order valence-corrected chi connectivity index (χ2v) is 5.53. The lowest BCUT2D eigenvalue weighted by atomic mass is 10.2. The van der Waals surface area contributed by atoms with E-state index >= 15 is 0 Å². The minimum atomic E-state index is -4.43. The molecule has 0 aliphatic carbocycles. The highest BCUT2D eigenvalue weighted by atomic mass is 35.5. The molecule has 0 fully saturated rings. The zero-order valence-corrected chi connectivity index (χ0v) is 11.7. The van der Waals surface area contributed by atoms with E-state index in [1.807, 2.05) is 0 Å². The monoisotopic (exact) mass is 333 g/mol. The van der Waals surface area contributed by atoms with Crippen molar-refractivity contribution < 1.29 is 18.0 Å². The highest BCUT2D eigenvalue weighted by Crippen LogP contribution is 2.31. The summed E-state index contributed by atoms with van der Waals surface area (Å²) in [6.07, 6.45) is -4.41. The van der Waals surface area contributed by atoms with Gasteiger partial charge in [0.2, 0.25) is 0 Å². The Morgan fingerprint density at radius 2 is 1.68 bits per heavy atom. The van der Waals surface area contributed by atoms with Crippen LogP contribution in [-0.2, 0) is 11.0 Å². The van der Waals surface area contributed by atoms with E-state index in [0.29, 0.717) is 0 Å². The Kier molecular flexibility index (Phi) is 5.35. The molecular formula is C11H9Cl3F3NO. The second kappa shape index (κ2) is 6.20. The summed E-state index contributed by atoms with van der Waals surface area (Å²) in [6.45, 7) is 0. The number of carbonyl (C=O) groups excluding carboxylic acids is 1. The first kappa shape index (κ1) is 16.4. The van der Waals surface area contributed by atoms with E-state index < -0.39 is 22.0 Å². The third-order valence-corrected chi connectivity index (χ3v) is 3.12. The number of benzene rings is 1. The molecule has 1 rings (SSSR count). The molecule has 2 nitrogen and oxygen atoms in total. The van der Waals surface area contributed by atoms with Crippen LogP contribution in [0.5, 0.6) is 0 Å². The molecule has 1 aromatic carbocycles. The predicted molar refractivity (Wildman–Crippen MR) is 69.8 cm³/mol. The molecule has 0 radical (unpaired) electrons. The summed E-state index contributed by atoms with van der Waals surface area (Å²) >= 11 is 16.9. The lowest BCUT2D eigenvalue weighted by molar-refractivity contribution is -0.137. The summed E-state index contributed by atoms with van der Waals surface area (Å²) in [4.78, 5) is 11.7. The van der Waals surface area contributed by atoms with Crippen molar-refractivity contribution in [3.05, 3.63) is 29.8 Å². The van der Waals surface area contributed by atoms with E-state index in [4.69, 9.17) is 34.8 Å². The molecule has 0 atom stereocenters. The molecule has 106 valence electrons. The van der Waals surface area contributed by atoms with E-state index in [9.17, 15) is 18.0 Å². The molecule has 0 saturated heterocycles. The van der Waals surface area contributed by atoms with Gasteiger partial charge < -0.3 is 5.32 Å². The molecule has 1 aromatic rings. The quantitative estimate of drug-likeness (QED) is 0.810. The van der Waals surface area contributed by atoms with Crippen molar-refractivity contribution in [3.63, 3.8) is 0 Å². The van der Waals surface area contributed by atoms with Gasteiger partial charge in [-0.25, -0.2) is 0 Å². The van der Waals surface area contributed by atoms with E-state index in [1.165, 1.54) is 0 Å². The maximum atomic E-state index is 12.3. The summed E-state index contributed by atoms with van der Waals surface area (Å²) in [7, 11) is 0. The van der Waals surface area contributed by atoms with E-state index in [-0.39, 0.29) is 18.0 Å². The molecule has 0 aliphatic rings. The zero-order valence-electron chi connectivity index (χ0n) is 9.40. The van der Waals surface area contributed by atoms with Gasteiger partial charge in [-0.3, -0.25) is 4.79 Å². The Balaban J connectivity index is 2.76. The fraction of sp³-hybridized carbons (Fsp3) is 0.364. The highest BCUT2D eigenvalue weighted by molar-refractivity contribution is 6.59. The number of nitrogens with one attached hydrogen (secondary N) is 1. The SMILES string of the molecule is O=C(Nc1ccc(C(F)(F)F)cc1)C(Cl)(Cl)CCCl. The summed E-state index contributed by atoms with van der Waals surface area (Å²) in [5.41, 5.74) is -0.646. The summed E-state index contributed by atoms with van der Waals surface area (Å²) in [5, 5.41) is 2.32. The molecule has 0 heterocycles. The molecule has 0 saturated carbocycles. The number of hydrogen-bond acceptors (Lipinski definition) is 1. The number of alkyl halides is 6. The van der Waals surface area contributed by atoms with Crippen molar-refractivity contribution in [2.75, 3.05) is 11.2 Å². The first-order valence-electron chi connectivity index (χ1n) is 5.09. The molecule has 8 heteroatoms. The fourth-order valence-electron chi connectivity index (χ4n) is 1.20. The van der Waals surface area contributed by atoms with Crippen LogP contribution in [0.4, 0.5) is 18.9 Å². The van der Waals surface area contributed by atoms with Gasteiger partial charge >= 0.3 is 6.18 Å². The van der Waals surface area contributed by atoms with Gasteiger partial charge in [0, 0.05) is 18.0 Å². The number of hydrogen-bond donors (Lipinski definition) is 1. The third-order valence-electron chi connectivity index (χ3n) is 2.21. The van der Waals surface area contributed by atoms with E-state index in [2.05, 4.69) is 5.32 Å². The van der Waals surface area contributed by atoms with Crippen LogP contribution in [0.15, 0.2) is 24.3 Å². The molecular weight excluding hydrogens is 325 g/mol. The van der Waals surface area contributed by atoms with Gasteiger partial charge in [0.1, 0.15) is 0 Å². The first-order chi connectivity index (χ1) is 8.66. The number of amides is 1. The van der Waals surface area contributed by atoms with Crippen LogP contribution in [0.1, 0.15) is 12.0 Å².